The van der Waals surface area contributed by atoms with Gasteiger partial charge in [0.15, 0.2) is 0 Å². The Kier molecular flexibility index (Phi) is 4.30. The molecule has 0 radical (unpaired) electrons. The molecule has 3 aromatic rings. The first-order chi connectivity index (χ1) is 11.4. The number of aromatic nitrogens is 3. The first-order valence-electron chi connectivity index (χ1n) is 7.36. The van der Waals surface area contributed by atoms with E-state index < -0.39 is 5.97 Å². The van der Waals surface area contributed by atoms with Crippen LogP contribution in [0.4, 0.5) is 0 Å². The summed E-state index contributed by atoms with van der Waals surface area (Å²) in [6.07, 6.45) is 3.84. The summed E-state index contributed by atoms with van der Waals surface area (Å²) in [5, 5.41) is 12.5. The molecule has 1 unspecified atom stereocenters. The number of carbonyl (C=O) groups is 2. The number of carboxylic acid groups (broad SMARTS) is 1. The molecule has 3 rings (SSSR count). The van der Waals surface area contributed by atoms with Gasteiger partial charge in [-0.2, -0.15) is 0 Å². The van der Waals surface area contributed by atoms with Gasteiger partial charge in [0.2, 0.25) is 5.91 Å². The van der Waals surface area contributed by atoms with E-state index >= 15 is 0 Å². The Labute approximate surface area is 142 Å². The van der Waals surface area contributed by atoms with E-state index in [1.165, 1.54) is 0 Å². The standard InChI is InChI=1S/C16H16N4O3S/c1-9-14(16(22)23)24-15(18-9)10(2)17-13(21)7-11-8-20-6-4-3-5-12(20)19-11/h3-6,8,10H,7H2,1-2H3,(H,17,21)(H,22,23). The van der Waals surface area contributed by atoms with Crippen LogP contribution < -0.4 is 5.32 Å². The number of pyridine rings is 1. The first kappa shape index (κ1) is 16.1. The fourth-order valence-corrected chi connectivity index (χ4v) is 3.30. The number of amides is 1. The van der Waals surface area contributed by atoms with Crippen LogP contribution in [0.5, 0.6) is 0 Å². The Hall–Kier alpha value is -2.74. The third-order valence-electron chi connectivity index (χ3n) is 3.51. The Balaban J connectivity index is 1.67. The van der Waals surface area contributed by atoms with Gasteiger partial charge in [0, 0.05) is 12.4 Å². The number of imidazole rings is 1. The summed E-state index contributed by atoms with van der Waals surface area (Å²) in [6, 6.07) is 5.30. The van der Waals surface area contributed by atoms with Gasteiger partial charge in [-0.05, 0) is 26.0 Å². The van der Waals surface area contributed by atoms with Gasteiger partial charge in [0.25, 0.3) is 0 Å². The van der Waals surface area contributed by atoms with Crippen LogP contribution in [0.3, 0.4) is 0 Å². The number of aryl methyl sites for hydroxylation is 1. The lowest BCUT2D eigenvalue weighted by molar-refractivity contribution is -0.121. The third kappa shape index (κ3) is 3.28. The van der Waals surface area contributed by atoms with Gasteiger partial charge in [0.1, 0.15) is 15.5 Å². The quantitative estimate of drug-likeness (QED) is 0.740. The maximum atomic E-state index is 12.2. The Morgan fingerprint density at radius 3 is 2.83 bits per heavy atom. The van der Waals surface area contributed by atoms with Crippen molar-refractivity contribution in [3.8, 4) is 0 Å². The lowest BCUT2D eigenvalue weighted by Crippen LogP contribution is -2.28. The van der Waals surface area contributed by atoms with Crippen molar-refractivity contribution in [3.63, 3.8) is 0 Å². The number of rotatable bonds is 5. The third-order valence-corrected chi connectivity index (χ3v) is 4.84. The van der Waals surface area contributed by atoms with E-state index in [0.29, 0.717) is 16.4 Å². The molecule has 1 atom stereocenters. The van der Waals surface area contributed by atoms with Gasteiger partial charge in [-0.3, -0.25) is 4.79 Å². The summed E-state index contributed by atoms with van der Waals surface area (Å²) in [5.74, 6) is -1.19. The van der Waals surface area contributed by atoms with Gasteiger partial charge in [0.05, 0.1) is 23.9 Å². The van der Waals surface area contributed by atoms with E-state index in [-0.39, 0.29) is 23.2 Å². The Morgan fingerprint density at radius 1 is 1.38 bits per heavy atom. The van der Waals surface area contributed by atoms with E-state index in [0.717, 1.165) is 17.0 Å². The molecule has 0 aliphatic heterocycles. The number of hydrogen-bond donors (Lipinski definition) is 2. The molecule has 0 saturated carbocycles. The zero-order valence-electron chi connectivity index (χ0n) is 13.2. The van der Waals surface area contributed by atoms with E-state index in [4.69, 9.17) is 5.11 Å². The summed E-state index contributed by atoms with van der Waals surface area (Å²) in [7, 11) is 0. The molecule has 0 saturated heterocycles. The first-order valence-corrected chi connectivity index (χ1v) is 8.18. The summed E-state index contributed by atoms with van der Waals surface area (Å²) in [4.78, 5) is 32.1. The van der Waals surface area contributed by atoms with Gasteiger partial charge in [-0.15, -0.1) is 11.3 Å². The van der Waals surface area contributed by atoms with Crippen LogP contribution in [0.1, 0.15) is 39.0 Å². The topological polar surface area (TPSA) is 96.6 Å². The molecule has 8 heteroatoms. The van der Waals surface area contributed by atoms with E-state index in [1.807, 2.05) is 35.0 Å². The van der Waals surface area contributed by atoms with Crippen LogP contribution in [0.25, 0.3) is 5.65 Å². The smallest absolute Gasteiger partial charge is 0.347 e. The van der Waals surface area contributed by atoms with Crippen molar-refractivity contribution < 1.29 is 14.7 Å². The highest BCUT2D eigenvalue weighted by Crippen LogP contribution is 2.23. The molecule has 24 heavy (non-hydrogen) atoms. The van der Waals surface area contributed by atoms with Crippen molar-refractivity contribution in [1.82, 2.24) is 19.7 Å². The van der Waals surface area contributed by atoms with Crippen molar-refractivity contribution in [2.45, 2.75) is 26.3 Å². The number of nitrogens with one attached hydrogen (secondary N) is 1. The number of aromatic carboxylic acids is 1. The lowest BCUT2D eigenvalue weighted by Gasteiger charge is -2.10. The zero-order valence-corrected chi connectivity index (χ0v) is 14.0. The average Bonchev–Trinajstić information content (AvgIpc) is 3.09. The second-order valence-corrected chi connectivity index (χ2v) is 6.47. The van der Waals surface area contributed by atoms with Gasteiger partial charge in [-0.25, -0.2) is 14.8 Å². The van der Waals surface area contributed by atoms with Crippen LogP contribution in [0.15, 0.2) is 30.6 Å². The molecule has 0 aliphatic carbocycles. The van der Waals surface area contributed by atoms with Crippen LogP contribution in [-0.4, -0.2) is 31.4 Å². The zero-order chi connectivity index (χ0) is 17.3. The number of thiazole rings is 1. The molecular formula is C16H16N4O3S. The van der Waals surface area contributed by atoms with Gasteiger partial charge >= 0.3 is 5.97 Å². The van der Waals surface area contributed by atoms with Crippen molar-refractivity contribution >= 4 is 28.9 Å². The molecule has 3 heterocycles. The highest BCUT2D eigenvalue weighted by Gasteiger charge is 2.19. The number of hydrogen-bond acceptors (Lipinski definition) is 5. The molecular weight excluding hydrogens is 328 g/mol. The van der Waals surface area contributed by atoms with Crippen molar-refractivity contribution in [3.05, 3.63) is 51.9 Å². The minimum Gasteiger partial charge on any atom is -0.477 e. The fourth-order valence-electron chi connectivity index (χ4n) is 2.39. The minimum absolute atomic E-state index is 0.155. The second-order valence-electron chi connectivity index (χ2n) is 5.44. The van der Waals surface area contributed by atoms with Crippen molar-refractivity contribution in [1.29, 1.82) is 0 Å². The Bertz CT molecular complexity index is 882. The van der Waals surface area contributed by atoms with E-state index in [2.05, 4.69) is 15.3 Å². The molecule has 1 amide bonds. The minimum atomic E-state index is -1.00. The van der Waals surface area contributed by atoms with E-state index in [9.17, 15) is 9.59 Å². The molecule has 124 valence electrons. The summed E-state index contributed by atoms with van der Waals surface area (Å²) in [6.45, 7) is 3.43. The molecule has 7 nitrogen and oxygen atoms in total. The predicted octanol–water partition coefficient (Wildman–Crippen LogP) is 2.22. The van der Waals surface area contributed by atoms with Gasteiger partial charge in [-0.1, -0.05) is 6.07 Å². The monoisotopic (exact) mass is 344 g/mol. The number of carbonyl (C=O) groups excluding carboxylic acids is 1. The normalized spacial score (nSPS) is 12.2. The van der Waals surface area contributed by atoms with Gasteiger partial charge < -0.3 is 14.8 Å². The summed E-state index contributed by atoms with van der Waals surface area (Å²) in [5.41, 5.74) is 1.92. The molecule has 0 bridgehead atoms. The van der Waals surface area contributed by atoms with Crippen molar-refractivity contribution in [2.75, 3.05) is 0 Å². The summed E-state index contributed by atoms with van der Waals surface area (Å²) < 4.78 is 1.86. The molecule has 0 aromatic carbocycles. The predicted molar refractivity (Wildman–Crippen MR) is 89.3 cm³/mol. The average molecular weight is 344 g/mol. The molecule has 0 aliphatic rings. The Morgan fingerprint density at radius 2 is 2.17 bits per heavy atom. The molecule has 0 fully saturated rings. The van der Waals surface area contributed by atoms with Crippen LogP contribution in [-0.2, 0) is 11.2 Å². The molecule has 2 N–H and O–H groups in total. The van der Waals surface area contributed by atoms with Crippen LogP contribution in [0.2, 0.25) is 0 Å². The largest absolute Gasteiger partial charge is 0.477 e. The number of carboxylic acids is 1. The maximum absolute atomic E-state index is 12.2. The fraction of sp³-hybridized carbons (Fsp3) is 0.250. The van der Waals surface area contributed by atoms with Crippen LogP contribution >= 0.6 is 11.3 Å². The highest BCUT2D eigenvalue weighted by molar-refractivity contribution is 7.13. The molecule has 3 aromatic heterocycles. The maximum Gasteiger partial charge on any atom is 0.347 e. The summed E-state index contributed by atoms with van der Waals surface area (Å²) >= 11 is 1.08. The number of nitrogens with zero attached hydrogens (tertiary/aromatic N) is 3. The van der Waals surface area contributed by atoms with Crippen LogP contribution in [0, 0.1) is 6.92 Å². The SMILES string of the molecule is Cc1nc(C(C)NC(=O)Cc2cn3ccccc3n2)sc1C(=O)O. The lowest BCUT2D eigenvalue weighted by atomic mass is 10.3. The highest BCUT2D eigenvalue weighted by atomic mass is 32.1. The van der Waals surface area contributed by atoms with Crippen molar-refractivity contribution in [2.24, 2.45) is 0 Å². The van der Waals surface area contributed by atoms with E-state index in [1.54, 1.807) is 13.8 Å². The second kappa shape index (κ2) is 6.40. The number of fused-ring (bicyclic) bond motifs is 1. The molecule has 0 spiro atoms.